The summed E-state index contributed by atoms with van der Waals surface area (Å²) < 4.78 is 0. The molecule has 0 aromatic heterocycles. The number of Topliss-reactive ketones (excluding diaryl/α,β-unsaturated/α-hetero) is 1. The van der Waals surface area contributed by atoms with E-state index in [1.165, 1.54) is 18.2 Å². The van der Waals surface area contributed by atoms with Gasteiger partial charge in [-0.2, -0.15) is 0 Å². The van der Waals surface area contributed by atoms with Crippen molar-refractivity contribution in [2.24, 2.45) is 0 Å². The number of carboxylic acids is 1. The zero-order chi connectivity index (χ0) is 13.0. The summed E-state index contributed by atoms with van der Waals surface area (Å²) in [5, 5.41) is 27.4. The van der Waals surface area contributed by atoms with Gasteiger partial charge in [-0.25, -0.2) is 4.79 Å². The van der Waals surface area contributed by atoms with E-state index in [4.69, 9.17) is 10.2 Å². The molecule has 92 valence electrons. The van der Waals surface area contributed by atoms with Crippen molar-refractivity contribution >= 4 is 11.8 Å². The van der Waals surface area contributed by atoms with Crippen LogP contribution in [0, 0.1) is 0 Å². The molecule has 1 unspecified atom stereocenters. The van der Waals surface area contributed by atoms with Crippen molar-refractivity contribution in [3.8, 4) is 0 Å². The van der Waals surface area contributed by atoms with Gasteiger partial charge < -0.3 is 15.3 Å². The van der Waals surface area contributed by atoms with Crippen LogP contribution in [0.4, 0.5) is 0 Å². The lowest BCUT2D eigenvalue weighted by molar-refractivity contribution is -0.146. The van der Waals surface area contributed by atoms with Crippen LogP contribution in [-0.2, 0) is 11.4 Å². The van der Waals surface area contributed by atoms with E-state index in [-0.39, 0.29) is 29.9 Å². The first-order chi connectivity index (χ1) is 8.02. The third-order valence-corrected chi connectivity index (χ3v) is 2.48. The average molecular weight is 238 g/mol. The molecule has 0 saturated heterocycles. The molecular weight excluding hydrogens is 224 g/mol. The van der Waals surface area contributed by atoms with Crippen molar-refractivity contribution < 1.29 is 24.9 Å². The minimum atomic E-state index is -1.76. The van der Waals surface area contributed by atoms with Gasteiger partial charge in [0.15, 0.2) is 11.9 Å². The molecule has 0 fully saturated rings. The van der Waals surface area contributed by atoms with E-state index >= 15 is 0 Å². The van der Waals surface area contributed by atoms with Crippen molar-refractivity contribution in [1.82, 2.24) is 0 Å². The Labute approximate surface area is 98.3 Å². The molecule has 5 heteroatoms. The Morgan fingerprint density at radius 1 is 1.35 bits per heavy atom. The van der Waals surface area contributed by atoms with Crippen LogP contribution < -0.4 is 0 Å². The monoisotopic (exact) mass is 238 g/mol. The highest BCUT2D eigenvalue weighted by Gasteiger charge is 2.23. The Morgan fingerprint density at radius 2 is 2.00 bits per heavy atom. The lowest BCUT2D eigenvalue weighted by Crippen LogP contribution is -2.16. The van der Waals surface area contributed by atoms with Crippen LogP contribution in [0.15, 0.2) is 18.2 Å². The molecule has 0 aliphatic rings. The second-order valence-corrected chi connectivity index (χ2v) is 3.56. The molecule has 1 atom stereocenters. The van der Waals surface area contributed by atoms with Crippen LogP contribution in [0.25, 0.3) is 0 Å². The Morgan fingerprint density at radius 3 is 2.47 bits per heavy atom. The number of carbonyl (C=O) groups excluding carboxylic acids is 1. The van der Waals surface area contributed by atoms with Gasteiger partial charge in [-0.1, -0.05) is 25.1 Å². The molecule has 0 aliphatic carbocycles. The molecule has 17 heavy (non-hydrogen) atoms. The number of hydrogen-bond donors (Lipinski definition) is 3. The van der Waals surface area contributed by atoms with E-state index in [2.05, 4.69) is 0 Å². The van der Waals surface area contributed by atoms with Crippen LogP contribution >= 0.6 is 0 Å². The molecule has 0 heterocycles. The topological polar surface area (TPSA) is 94.8 Å². The van der Waals surface area contributed by atoms with E-state index < -0.39 is 12.1 Å². The Hall–Kier alpha value is -1.72. The largest absolute Gasteiger partial charge is 0.479 e. The maximum atomic E-state index is 11.7. The number of carboxylic acid groups (broad SMARTS) is 1. The van der Waals surface area contributed by atoms with Crippen molar-refractivity contribution in [2.75, 3.05) is 0 Å². The fourth-order valence-electron chi connectivity index (χ4n) is 1.63. The smallest absolute Gasteiger partial charge is 0.337 e. The highest BCUT2D eigenvalue weighted by Crippen LogP contribution is 2.23. The second-order valence-electron chi connectivity index (χ2n) is 3.56. The van der Waals surface area contributed by atoms with Gasteiger partial charge >= 0.3 is 5.97 Å². The Kier molecular flexibility index (Phi) is 4.37. The maximum Gasteiger partial charge on any atom is 0.337 e. The first kappa shape index (κ1) is 13.3. The van der Waals surface area contributed by atoms with Crippen molar-refractivity contribution in [2.45, 2.75) is 26.1 Å². The molecule has 1 aromatic carbocycles. The first-order valence-corrected chi connectivity index (χ1v) is 5.19. The standard InChI is InChI=1S/C12H14O5/c1-2-9(14)10-7(6-13)4-3-5-8(10)11(15)12(16)17/h3-5,11,13,15H,2,6H2,1H3,(H,16,17). The number of hydrogen-bond acceptors (Lipinski definition) is 4. The van der Waals surface area contributed by atoms with Gasteiger partial charge in [-0.05, 0) is 5.56 Å². The molecular formula is C12H14O5. The zero-order valence-corrected chi connectivity index (χ0v) is 9.38. The first-order valence-electron chi connectivity index (χ1n) is 5.19. The summed E-state index contributed by atoms with van der Waals surface area (Å²) in [7, 11) is 0. The molecule has 1 aromatic rings. The SMILES string of the molecule is CCC(=O)c1c(CO)cccc1C(O)C(=O)O. The van der Waals surface area contributed by atoms with E-state index in [0.717, 1.165) is 0 Å². The van der Waals surface area contributed by atoms with Gasteiger partial charge in [0.1, 0.15) is 0 Å². The van der Waals surface area contributed by atoms with Crippen molar-refractivity contribution in [3.05, 3.63) is 34.9 Å². The summed E-state index contributed by atoms with van der Waals surface area (Å²) in [6, 6.07) is 4.40. The van der Waals surface area contributed by atoms with E-state index in [1.54, 1.807) is 6.92 Å². The molecule has 0 saturated carbocycles. The lowest BCUT2D eigenvalue weighted by Gasteiger charge is -2.14. The molecule has 0 amide bonds. The number of aliphatic hydroxyl groups is 2. The number of ketones is 1. The molecule has 0 radical (unpaired) electrons. The van der Waals surface area contributed by atoms with Crippen LogP contribution in [-0.4, -0.2) is 27.1 Å². The van der Waals surface area contributed by atoms with E-state index in [1.807, 2.05) is 0 Å². The lowest BCUT2D eigenvalue weighted by atomic mass is 9.93. The maximum absolute atomic E-state index is 11.7. The third-order valence-electron chi connectivity index (χ3n) is 2.48. The highest BCUT2D eigenvalue weighted by molar-refractivity contribution is 5.99. The van der Waals surface area contributed by atoms with Crippen LogP contribution in [0.5, 0.6) is 0 Å². The summed E-state index contributed by atoms with van der Waals surface area (Å²) in [5.74, 6) is -1.73. The zero-order valence-electron chi connectivity index (χ0n) is 9.38. The van der Waals surface area contributed by atoms with Gasteiger partial charge in [0.25, 0.3) is 0 Å². The fraction of sp³-hybridized carbons (Fsp3) is 0.333. The quantitative estimate of drug-likeness (QED) is 0.662. The molecule has 0 bridgehead atoms. The van der Waals surface area contributed by atoms with Crippen molar-refractivity contribution in [3.63, 3.8) is 0 Å². The highest BCUT2D eigenvalue weighted by atomic mass is 16.4. The number of rotatable bonds is 5. The predicted octanol–water partition coefficient (Wildman–Crippen LogP) is 0.890. The summed E-state index contributed by atoms with van der Waals surface area (Å²) in [6.07, 6.45) is -1.58. The van der Waals surface area contributed by atoms with Gasteiger partial charge in [0, 0.05) is 17.5 Å². The van der Waals surface area contributed by atoms with E-state index in [0.29, 0.717) is 5.56 Å². The van der Waals surface area contributed by atoms with Gasteiger partial charge in [-0.15, -0.1) is 0 Å². The number of carbonyl (C=O) groups is 2. The number of aliphatic hydroxyl groups excluding tert-OH is 2. The van der Waals surface area contributed by atoms with Gasteiger partial charge in [0.2, 0.25) is 0 Å². The van der Waals surface area contributed by atoms with Crippen LogP contribution in [0.1, 0.15) is 40.9 Å². The second kappa shape index (κ2) is 5.56. The molecule has 5 nitrogen and oxygen atoms in total. The summed E-state index contributed by atoms with van der Waals surface area (Å²) in [6.45, 7) is 1.26. The summed E-state index contributed by atoms with van der Waals surface area (Å²) in [5.41, 5.74) is 0.456. The Bertz CT molecular complexity index is 439. The molecule has 0 aliphatic heterocycles. The van der Waals surface area contributed by atoms with Crippen LogP contribution in [0.2, 0.25) is 0 Å². The molecule has 0 spiro atoms. The number of aliphatic carboxylic acids is 1. The van der Waals surface area contributed by atoms with E-state index in [9.17, 15) is 14.7 Å². The molecule has 3 N–H and O–H groups in total. The molecule has 1 rings (SSSR count). The Balaban J connectivity index is 3.38. The van der Waals surface area contributed by atoms with Crippen molar-refractivity contribution in [1.29, 1.82) is 0 Å². The van der Waals surface area contributed by atoms with Gasteiger partial charge in [-0.3, -0.25) is 4.79 Å². The average Bonchev–Trinajstić information content (AvgIpc) is 2.35. The fourth-order valence-corrected chi connectivity index (χ4v) is 1.63. The number of benzene rings is 1. The van der Waals surface area contributed by atoms with Gasteiger partial charge in [0.05, 0.1) is 6.61 Å². The summed E-state index contributed by atoms with van der Waals surface area (Å²) in [4.78, 5) is 22.5. The summed E-state index contributed by atoms with van der Waals surface area (Å²) >= 11 is 0. The predicted molar refractivity (Wildman–Crippen MR) is 59.6 cm³/mol. The van der Waals surface area contributed by atoms with Crippen LogP contribution in [0.3, 0.4) is 0 Å². The minimum absolute atomic E-state index is 0.0240. The normalized spacial score (nSPS) is 12.2. The minimum Gasteiger partial charge on any atom is -0.479 e. The third kappa shape index (κ3) is 2.69.